The summed E-state index contributed by atoms with van der Waals surface area (Å²) >= 11 is 5.96. The molecule has 3 rings (SSSR count). The van der Waals surface area contributed by atoms with Crippen molar-refractivity contribution in [2.24, 2.45) is 7.05 Å². The Balaban J connectivity index is 2.33. The van der Waals surface area contributed by atoms with Crippen LogP contribution in [0.15, 0.2) is 24.3 Å². The second kappa shape index (κ2) is 5.66. The molecule has 0 aliphatic heterocycles. The number of nitrogens with zero attached hydrogens (tertiary/aromatic N) is 1. The van der Waals surface area contributed by atoms with Crippen molar-refractivity contribution in [3.63, 3.8) is 0 Å². The molecule has 0 N–H and O–H groups in total. The Bertz CT molecular complexity index is 851. The summed E-state index contributed by atoms with van der Waals surface area (Å²) in [4.78, 5) is 37.9. The number of hydrogen-bond acceptors (Lipinski definition) is 4. The Morgan fingerprint density at radius 2 is 1.78 bits per heavy atom. The lowest BCUT2D eigenvalue weighted by molar-refractivity contribution is 0.0522. The molecule has 23 heavy (non-hydrogen) atoms. The topological polar surface area (TPSA) is 65.4 Å². The molecule has 1 heterocycles. The van der Waals surface area contributed by atoms with Crippen LogP contribution in [0.25, 0.3) is 0 Å². The third-order valence-corrected chi connectivity index (χ3v) is 4.23. The molecule has 2 aromatic rings. The molecule has 1 aliphatic carbocycles. The van der Waals surface area contributed by atoms with E-state index in [9.17, 15) is 14.4 Å². The van der Waals surface area contributed by atoms with Gasteiger partial charge in [-0.1, -0.05) is 24.3 Å². The molecule has 0 saturated carbocycles. The quantitative estimate of drug-likeness (QED) is 0.547. The minimum Gasteiger partial charge on any atom is -0.462 e. The number of carbonyl (C=O) groups is 3. The minimum absolute atomic E-state index is 0.00540. The van der Waals surface area contributed by atoms with Crippen LogP contribution in [-0.4, -0.2) is 28.7 Å². The number of carbonyl (C=O) groups excluding carboxylic acids is 3. The summed E-state index contributed by atoms with van der Waals surface area (Å²) in [6, 6.07) is 6.58. The number of halogens is 1. The van der Waals surface area contributed by atoms with Crippen molar-refractivity contribution < 1.29 is 19.1 Å². The van der Waals surface area contributed by atoms with Gasteiger partial charge < -0.3 is 9.30 Å². The largest absolute Gasteiger partial charge is 0.462 e. The molecule has 1 aromatic heterocycles. The monoisotopic (exact) mass is 331 g/mol. The van der Waals surface area contributed by atoms with E-state index in [1.807, 2.05) is 0 Å². The number of ketones is 2. The summed E-state index contributed by atoms with van der Waals surface area (Å²) in [5.74, 6) is -1.29. The lowest BCUT2D eigenvalue weighted by Gasteiger charge is -2.16. The van der Waals surface area contributed by atoms with Gasteiger partial charge in [-0.2, -0.15) is 0 Å². The molecule has 1 aliphatic rings. The van der Waals surface area contributed by atoms with Gasteiger partial charge in [0.25, 0.3) is 0 Å². The molecule has 0 atom stereocenters. The van der Waals surface area contributed by atoms with Crippen LogP contribution in [0.2, 0.25) is 0 Å². The van der Waals surface area contributed by atoms with Gasteiger partial charge in [-0.15, -0.1) is 11.6 Å². The normalized spacial score (nSPS) is 12.8. The molecule has 0 unspecified atom stereocenters. The zero-order valence-corrected chi connectivity index (χ0v) is 13.4. The Hall–Kier alpha value is -2.40. The van der Waals surface area contributed by atoms with Crippen LogP contribution in [-0.2, 0) is 17.7 Å². The van der Waals surface area contributed by atoms with E-state index in [0.717, 1.165) is 0 Å². The lowest BCUT2D eigenvalue weighted by atomic mass is 9.86. The molecule has 0 bridgehead atoms. The summed E-state index contributed by atoms with van der Waals surface area (Å²) in [6.07, 6.45) is 0. The highest BCUT2D eigenvalue weighted by molar-refractivity contribution is 6.31. The number of fused-ring (bicyclic) bond motifs is 2. The van der Waals surface area contributed by atoms with Crippen molar-refractivity contribution >= 4 is 29.1 Å². The number of benzene rings is 1. The molecule has 0 radical (unpaired) electrons. The van der Waals surface area contributed by atoms with Crippen molar-refractivity contribution in [2.45, 2.75) is 12.8 Å². The molecule has 5 nitrogen and oxygen atoms in total. The average Bonchev–Trinajstić information content (AvgIpc) is 2.86. The fraction of sp³-hybridized carbons (Fsp3) is 0.235. The molecule has 0 saturated heterocycles. The van der Waals surface area contributed by atoms with Gasteiger partial charge in [0, 0.05) is 23.9 Å². The average molecular weight is 332 g/mol. The van der Waals surface area contributed by atoms with Gasteiger partial charge in [-0.05, 0) is 6.92 Å². The number of aromatic nitrogens is 1. The van der Waals surface area contributed by atoms with Crippen LogP contribution < -0.4 is 0 Å². The molecular formula is C17H14ClNO4. The van der Waals surface area contributed by atoms with E-state index in [2.05, 4.69) is 0 Å². The van der Waals surface area contributed by atoms with Crippen LogP contribution >= 0.6 is 11.6 Å². The standard InChI is InChI=1S/C17H14ClNO4/c1-3-23-17(22)12-11(8-18)19(2)14-13(12)15(20)9-6-4-5-7-10(9)16(14)21/h4-7H,3,8H2,1-2H3. The van der Waals surface area contributed by atoms with E-state index in [4.69, 9.17) is 16.3 Å². The maximum absolute atomic E-state index is 12.8. The van der Waals surface area contributed by atoms with E-state index >= 15 is 0 Å². The first-order chi connectivity index (χ1) is 11.0. The highest BCUT2D eigenvalue weighted by atomic mass is 35.5. The summed E-state index contributed by atoms with van der Waals surface area (Å²) in [6.45, 7) is 1.85. The fourth-order valence-corrected chi connectivity index (χ4v) is 3.25. The number of esters is 1. The Morgan fingerprint density at radius 1 is 1.17 bits per heavy atom. The van der Waals surface area contributed by atoms with Crippen molar-refractivity contribution in [3.8, 4) is 0 Å². The van der Waals surface area contributed by atoms with E-state index < -0.39 is 5.97 Å². The van der Waals surface area contributed by atoms with Crippen LogP contribution in [0, 0.1) is 0 Å². The van der Waals surface area contributed by atoms with Crippen molar-refractivity contribution in [1.82, 2.24) is 4.57 Å². The van der Waals surface area contributed by atoms with E-state index in [1.165, 1.54) is 4.57 Å². The number of hydrogen-bond donors (Lipinski definition) is 0. The second-order valence-electron chi connectivity index (χ2n) is 5.16. The highest BCUT2D eigenvalue weighted by Crippen LogP contribution is 2.34. The van der Waals surface area contributed by atoms with Gasteiger partial charge in [-0.3, -0.25) is 9.59 Å². The third-order valence-electron chi connectivity index (χ3n) is 3.98. The maximum atomic E-state index is 12.8. The molecule has 118 valence electrons. The summed E-state index contributed by atoms with van der Waals surface area (Å²) in [7, 11) is 1.62. The van der Waals surface area contributed by atoms with Crippen LogP contribution in [0.1, 0.15) is 54.9 Å². The van der Waals surface area contributed by atoms with E-state index in [-0.39, 0.29) is 40.9 Å². The number of rotatable bonds is 3. The Labute approximate surface area is 137 Å². The third kappa shape index (κ3) is 2.11. The van der Waals surface area contributed by atoms with Gasteiger partial charge in [0.05, 0.1) is 23.6 Å². The second-order valence-corrected chi connectivity index (χ2v) is 5.43. The number of alkyl halides is 1. The smallest absolute Gasteiger partial charge is 0.340 e. The van der Waals surface area contributed by atoms with Gasteiger partial charge >= 0.3 is 5.97 Å². The van der Waals surface area contributed by atoms with Crippen LogP contribution in [0.3, 0.4) is 0 Å². The summed E-state index contributed by atoms with van der Waals surface area (Å²) in [5, 5.41) is 0. The Kier molecular flexibility index (Phi) is 3.82. The van der Waals surface area contributed by atoms with Crippen LogP contribution in [0.5, 0.6) is 0 Å². The van der Waals surface area contributed by atoms with Gasteiger partial charge in [0.1, 0.15) is 5.69 Å². The van der Waals surface area contributed by atoms with Crippen molar-refractivity contribution in [1.29, 1.82) is 0 Å². The number of ether oxygens (including phenoxy) is 1. The van der Waals surface area contributed by atoms with Crippen LogP contribution in [0.4, 0.5) is 0 Å². The van der Waals surface area contributed by atoms with Crippen molar-refractivity contribution in [2.75, 3.05) is 6.61 Å². The maximum Gasteiger partial charge on any atom is 0.340 e. The molecular weight excluding hydrogens is 318 g/mol. The predicted molar refractivity (Wildman–Crippen MR) is 84.2 cm³/mol. The molecule has 0 amide bonds. The summed E-state index contributed by atoms with van der Waals surface area (Å²) < 4.78 is 6.57. The zero-order chi connectivity index (χ0) is 16.7. The van der Waals surface area contributed by atoms with E-state index in [1.54, 1.807) is 38.2 Å². The van der Waals surface area contributed by atoms with Gasteiger partial charge in [0.15, 0.2) is 5.78 Å². The van der Waals surface area contributed by atoms with Gasteiger partial charge in [0.2, 0.25) is 5.78 Å². The first kappa shape index (κ1) is 15.5. The molecule has 1 aromatic carbocycles. The molecule has 6 heteroatoms. The molecule has 0 spiro atoms. The first-order valence-corrected chi connectivity index (χ1v) is 7.69. The minimum atomic E-state index is -0.638. The fourth-order valence-electron chi connectivity index (χ4n) is 2.94. The SMILES string of the molecule is CCOC(=O)c1c2c(n(C)c1CCl)C(=O)c1ccccc1C2=O. The lowest BCUT2D eigenvalue weighted by Crippen LogP contribution is -2.23. The zero-order valence-electron chi connectivity index (χ0n) is 12.7. The van der Waals surface area contributed by atoms with Crippen molar-refractivity contribution in [3.05, 3.63) is 57.9 Å². The van der Waals surface area contributed by atoms with E-state index in [0.29, 0.717) is 16.8 Å². The highest BCUT2D eigenvalue weighted by Gasteiger charge is 2.39. The first-order valence-electron chi connectivity index (χ1n) is 7.15. The summed E-state index contributed by atoms with van der Waals surface area (Å²) in [5.41, 5.74) is 1.40. The molecule has 0 fully saturated rings. The Morgan fingerprint density at radius 3 is 2.35 bits per heavy atom. The van der Waals surface area contributed by atoms with Gasteiger partial charge in [-0.25, -0.2) is 4.79 Å². The predicted octanol–water partition coefficient (Wildman–Crippen LogP) is 2.72.